The van der Waals surface area contributed by atoms with Gasteiger partial charge in [-0.3, -0.25) is 19.9 Å². The van der Waals surface area contributed by atoms with Crippen molar-refractivity contribution in [2.24, 2.45) is 11.8 Å². The summed E-state index contributed by atoms with van der Waals surface area (Å²) in [7, 11) is 0. The van der Waals surface area contributed by atoms with Gasteiger partial charge >= 0.3 is 5.97 Å². The van der Waals surface area contributed by atoms with Crippen LogP contribution in [-0.4, -0.2) is 49.0 Å². The highest BCUT2D eigenvalue weighted by molar-refractivity contribution is 8.17. The Labute approximate surface area is 211 Å². The van der Waals surface area contributed by atoms with E-state index < -0.39 is 22.9 Å². The minimum Gasteiger partial charge on any atom is -0.456 e. The Balaban J connectivity index is 1.47. The van der Waals surface area contributed by atoms with Crippen LogP contribution in [0.3, 0.4) is 0 Å². The molecule has 0 saturated carbocycles. The number of nitrogens with zero attached hydrogens (tertiary/aromatic N) is 3. The van der Waals surface area contributed by atoms with E-state index in [0.29, 0.717) is 10.6 Å². The molecule has 2 aliphatic rings. The number of carbonyl (C=O) groups is 2. The number of esters is 1. The van der Waals surface area contributed by atoms with Gasteiger partial charge in [0.1, 0.15) is 12.3 Å². The number of pyridine rings is 1. The molecule has 35 heavy (non-hydrogen) atoms. The van der Waals surface area contributed by atoms with Gasteiger partial charge in [0.05, 0.1) is 23.0 Å². The number of nitro groups is 1. The first-order chi connectivity index (χ1) is 16.8. The van der Waals surface area contributed by atoms with Gasteiger partial charge in [-0.15, -0.1) is 23.5 Å². The zero-order chi connectivity index (χ0) is 25.1. The van der Waals surface area contributed by atoms with Gasteiger partial charge in [0.15, 0.2) is 0 Å². The van der Waals surface area contributed by atoms with Gasteiger partial charge < -0.3 is 14.7 Å². The van der Waals surface area contributed by atoms with Crippen molar-refractivity contribution in [3.63, 3.8) is 0 Å². The lowest BCUT2D eigenvalue weighted by Gasteiger charge is -2.46. The molecule has 1 N–H and O–H groups in total. The lowest BCUT2D eigenvalue weighted by Crippen LogP contribution is -2.63. The van der Waals surface area contributed by atoms with Gasteiger partial charge in [-0.1, -0.05) is 13.0 Å². The molecule has 3 heterocycles. The zero-order valence-electron chi connectivity index (χ0n) is 19.2. The Bertz CT molecular complexity index is 1140. The van der Waals surface area contributed by atoms with Crippen LogP contribution in [-0.2, 0) is 26.7 Å². The fraction of sp³-hybridized carbons (Fsp3) is 0.375. The number of carbonyl (C=O) groups excluding carboxylic acids is 2. The summed E-state index contributed by atoms with van der Waals surface area (Å²) in [4.78, 5) is 42.7. The second kappa shape index (κ2) is 10.8. The maximum Gasteiger partial charge on any atom is 0.356 e. The zero-order valence-corrected chi connectivity index (χ0v) is 20.8. The molecule has 2 aliphatic heterocycles. The molecule has 1 fully saturated rings. The van der Waals surface area contributed by atoms with Gasteiger partial charge in [0.25, 0.3) is 5.69 Å². The van der Waals surface area contributed by atoms with E-state index in [9.17, 15) is 24.8 Å². The number of aromatic nitrogens is 1. The molecule has 1 aromatic heterocycles. The molecule has 184 valence electrons. The molecule has 1 saturated heterocycles. The molecule has 4 rings (SSSR count). The second-order valence-corrected chi connectivity index (χ2v) is 10.8. The van der Waals surface area contributed by atoms with Gasteiger partial charge in [-0.2, -0.15) is 0 Å². The van der Waals surface area contributed by atoms with E-state index in [0.717, 1.165) is 16.2 Å². The number of non-ortho nitro benzene ring substituents is 1. The number of benzene rings is 1. The fourth-order valence-electron chi connectivity index (χ4n) is 4.39. The van der Waals surface area contributed by atoms with Crippen molar-refractivity contribution in [1.82, 2.24) is 9.88 Å². The predicted molar refractivity (Wildman–Crippen MR) is 133 cm³/mol. The van der Waals surface area contributed by atoms with Crippen LogP contribution in [0.25, 0.3) is 0 Å². The first kappa shape index (κ1) is 25.2. The average Bonchev–Trinajstić information content (AvgIpc) is 3.09. The number of nitro benzene ring substituents is 1. The van der Waals surface area contributed by atoms with Crippen molar-refractivity contribution in [2.75, 3.05) is 5.08 Å². The van der Waals surface area contributed by atoms with Gasteiger partial charge in [0.2, 0.25) is 5.91 Å². The number of hydrogen-bond donors (Lipinski definition) is 1. The van der Waals surface area contributed by atoms with Crippen LogP contribution in [0, 0.1) is 22.0 Å². The first-order valence-electron chi connectivity index (χ1n) is 11.0. The Morgan fingerprint density at radius 3 is 2.66 bits per heavy atom. The van der Waals surface area contributed by atoms with Gasteiger partial charge in [-0.25, -0.2) is 4.79 Å². The largest absolute Gasteiger partial charge is 0.456 e. The molecule has 0 bridgehead atoms. The molecule has 0 radical (unpaired) electrons. The van der Waals surface area contributed by atoms with E-state index in [-0.39, 0.29) is 35.9 Å². The number of thioether (sulfide) groups is 2. The van der Waals surface area contributed by atoms with Crippen molar-refractivity contribution >= 4 is 41.1 Å². The van der Waals surface area contributed by atoms with Crippen LogP contribution in [0.2, 0.25) is 0 Å². The fourth-order valence-corrected chi connectivity index (χ4v) is 6.69. The third kappa shape index (κ3) is 5.21. The van der Waals surface area contributed by atoms with E-state index in [1.54, 1.807) is 24.9 Å². The van der Waals surface area contributed by atoms with Crippen molar-refractivity contribution in [1.29, 1.82) is 0 Å². The Kier molecular flexibility index (Phi) is 7.78. The van der Waals surface area contributed by atoms with Crippen molar-refractivity contribution in [3.05, 3.63) is 80.6 Å². The Morgan fingerprint density at radius 2 is 2.03 bits per heavy atom. The SMILES string of the molecule is C[C@@H](O)[C@H]1C(=O)N2C(C(=O)OCc3ccc([N+](=O)[O-])cc3)=C(SCSCc3cccnc3)[C@H](C)[C@H]12. The van der Waals surface area contributed by atoms with Crippen molar-refractivity contribution < 1.29 is 24.4 Å². The van der Waals surface area contributed by atoms with Crippen molar-refractivity contribution in [2.45, 2.75) is 38.4 Å². The summed E-state index contributed by atoms with van der Waals surface area (Å²) >= 11 is 3.19. The summed E-state index contributed by atoms with van der Waals surface area (Å²) in [5.74, 6) is -0.792. The van der Waals surface area contributed by atoms with Gasteiger partial charge in [-0.05, 0) is 36.2 Å². The number of amides is 1. The van der Waals surface area contributed by atoms with Crippen LogP contribution in [0.5, 0.6) is 0 Å². The van der Waals surface area contributed by atoms with Crippen LogP contribution in [0.1, 0.15) is 25.0 Å². The molecule has 0 aliphatic carbocycles. The lowest BCUT2D eigenvalue weighted by atomic mass is 9.79. The number of fused-ring (bicyclic) bond motifs is 1. The van der Waals surface area contributed by atoms with Crippen LogP contribution >= 0.6 is 23.5 Å². The van der Waals surface area contributed by atoms with Crippen molar-refractivity contribution in [3.8, 4) is 0 Å². The predicted octanol–water partition coefficient (Wildman–Crippen LogP) is 3.73. The monoisotopic (exact) mass is 515 g/mol. The van der Waals surface area contributed by atoms with Crippen LogP contribution in [0.15, 0.2) is 59.4 Å². The molecule has 0 unspecified atom stereocenters. The highest BCUT2D eigenvalue weighted by atomic mass is 32.2. The quantitative estimate of drug-likeness (QED) is 0.126. The summed E-state index contributed by atoms with van der Waals surface area (Å²) in [6.45, 7) is 3.48. The molecule has 0 spiro atoms. The molecule has 1 aromatic carbocycles. The molecule has 9 nitrogen and oxygen atoms in total. The van der Waals surface area contributed by atoms with Gasteiger partial charge in [0, 0.05) is 46.2 Å². The topological polar surface area (TPSA) is 123 Å². The van der Waals surface area contributed by atoms with E-state index in [4.69, 9.17) is 4.74 Å². The maximum atomic E-state index is 13.1. The number of aliphatic hydroxyl groups excluding tert-OH is 1. The average molecular weight is 516 g/mol. The summed E-state index contributed by atoms with van der Waals surface area (Å²) in [6, 6.07) is 9.37. The summed E-state index contributed by atoms with van der Waals surface area (Å²) in [5.41, 5.74) is 1.89. The van der Waals surface area contributed by atoms with Crippen LogP contribution < -0.4 is 0 Å². The van der Waals surface area contributed by atoms with E-state index in [2.05, 4.69) is 4.98 Å². The lowest BCUT2D eigenvalue weighted by molar-refractivity contribution is -0.384. The molecular weight excluding hydrogens is 490 g/mol. The third-order valence-electron chi connectivity index (χ3n) is 6.11. The first-order valence-corrected chi connectivity index (χ1v) is 13.2. The number of ether oxygens (including phenoxy) is 1. The Hall–Kier alpha value is -2.89. The minimum atomic E-state index is -0.812. The highest BCUT2D eigenvalue weighted by Crippen LogP contribution is 2.51. The third-order valence-corrected chi connectivity index (χ3v) is 8.66. The molecular formula is C24H25N3O6S2. The summed E-state index contributed by atoms with van der Waals surface area (Å²) in [6.07, 6.45) is 2.73. The number of hydrogen-bond acceptors (Lipinski definition) is 9. The summed E-state index contributed by atoms with van der Waals surface area (Å²) in [5, 5.41) is 21.6. The second-order valence-electron chi connectivity index (χ2n) is 8.44. The number of aliphatic hydroxyl groups is 1. The maximum absolute atomic E-state index is 13.1. The molecule has 1 amide bonds. The standard InChI is InChI=1S/C24H25N3O6S2/c1-14-20-19(15(2)28)23(29)26(20)21(22(14)35-13-34-12-17-4-3-9-25-10-17)24(30)33-11-16-5-7-18(8-6-16)27(31)32/h3-10,14-15,19-20,28H,11-13H2,1-2H3/t14-,15-,19-,20-/m1/s1. The van der Waals surface area contributed by atoms with Crippen LogP contribution in [0.4, 0.5) is 5.69 Å². The highest BCUT2D eigenvalue weighted by Gasteiger charge is 2.60. The minimum absolute atomic E-state index is 0.0481. The smallest absolute Gasteiger partial charge is 0.356 e. The van der Waals surface area contributed by atoms with E-state index >= 15 is 0 Å². The van der Waals surface area contributed by atoms with E-state index in [1.165, 1.54) is 40.9 Å². The summed E-state index contributed by atoms with van der Waals surface area (Å²) < 4.78 is 5.51. The Morgan fingerprint density at radius 1 is 1.29 bits per heavy atom. The number of rotatable bonds is 10. The number of β-lactam (4-membered cyclic amide) rings is 1. The molecule has 2 aromatic rings. The molecule has 11 heteroatoms. The molecule has 4 atom stereocenters. The van der Waals surface area contributed by atoms with E-state index in [1.807, 2.05) is 25.3 Å². The normalized spacial score (nSPS) is 22.0.